The van der Waals surface area contributed by atoms with Gasteiger partial charge in [-0.25, -0.2) is 4.98 Å². The van der Waals surface area contributed by atoms with Crippen LogP contribution >= 0.6 is 0 Å². The molecule has 0 aromatic carbocycles. The molecule has 1 aliphatic rings. The molecule has 1 aromatic rings. The average Bonchev–Trinajstić information content (AvgIpc) is 2.47. The lowest BCUT2D eigenvalue weighted by Crippen LogP contribution is -2.14. The monoisotopic (exact) mass is 176 g/mol. The molecular formula is C11H16N2. The Morgan fingerprint density at radius 3 is 2.85 bits per heavy atom. The Balaban J connectivity index is 2.42. The molecule has 0 radical (unpaired) electrons. The number of anilines is 1. The van der Waals surface area contributed by atoms with E-state index in [1.165, 1.54) is 17.1 Å². The number of hydrogen-bond acceptors (Lipinski definition) is 2. The summed E-state index contributed by atoms with van der Waals surface area (Å²) in [5.74, 6) is 1.71. The fraction of sp³-hybridized carbons (Fsp3) is 0.545. The van der Waals surface area contributed by atoms with Crippen LogP contribution in [0.5, 0.6) is 0 Å². The Kier molecular flexibility index (Phi) is 1.98. The Morgan fingerprint density at radius 1 is 1.38 bits per heavy atom. The Bertz CT molecular complexity index is 318. The second-order valence-corrected chi connectivity index (χ2v) is 4.05. The van der Waals surface area contributed by atoms with E-state index in [0.29, 0.717) is 5.92 Å². The molecular weight excluding hydrogens is 160 g/mol. The van der Waals surface area contributed by atoms with Crippen molar-refractivity contribution in [1.82, 2.24) is 4.98 Å². The summed E-state index contributed by atoms with van der Waals surface area (Å²) in [4.78, 5) is 6.90. The van der Waals surface area contributed by atoms with E-state index in [9.17, 15) is 0 Å². The van der Waals surface area contributed by atoms with Gasteiger partial charge in [0, 0.05) is 19.3 Å². The molecule has 2 rings (SSSR count). The van der Waals surface area contributed by atoms with E-state index in [4.69, 9.17) is 0 Å². The molecule has 2 heterocycles. The SMILES string of the molecule is CC(C)c1ccc2c(n1)N(C)CC2. The number of likely N-dealkylation sites (N-methyl/N-ethyl adjacent to an activating group) is 1. The lowest BCUT2D eigenvalue weighted by Gasteiger charge is -2.12. The first-order chi connectivity index (χ1) is 6.18. The summed E-state index contributed by atoms with van der Waals surface area (Å²) < 4.78 is 0. The maximum absolute atomic E-state index is 4.66. The molecule has 0 amide bonds. The maximum atomic E-state index is 4.66. The highest BCUT2D eigenvalue weighted by Gasteiger charge is 2.17. The number of pyridine rings is 1. The van der Waals surface area contributed by atoms with E-state index in [2.05, 4.69) is 42.9 Å². The highest BCUT2D eigenvalue weighted by atomic mass is 15.2. The minimum atomic E-state index is 0.527. The minimum absolute atomic E-state index is 0.527. The Labute approximate surface area is 79.6 Å². The van der Waals surface area contributed by atoms with Gasteiger partial charge in [-0.2, -0.15) is 0 Å². The van der Waals surface area contributed by atoms with E-state index < -0.39 is 0 Å². The lowest BCUT2D eigenvalue weighted by molar-refractivity contribution is 0.818. The predicted octanol–water partition coefficient (Wildman–Crippen LogP) is 2.20. The highest BCUT2D eigenvalue weighted by molar-refractivity contribution is 5.51. The second kappa shape index (κ2) is 3.02. The lowest BCUT2D eigenvalue weighted by atomic mass is 10.1. The van der Waals surface area contributed by atoms with Crippen LogP contribution in [0.4, 0.5) is 5.82 Å². The van der Waals surface area contributed by atoms with Crippen LogP contribution in [0.15, 0.2) is 12.1 Å². The number of rotatable bonds is 1. The van der Waals surface area contributed by atoms with Crippen molar-refractivity contribution in [3.63, 3.8) is 0 Å². The fourth-order valence-electron chi connectivity index (χ4n) is 1.73. The smallest absolute Gasteiger partial charge is 0.131 e. The number of aromatic nitrogens is 1. The van der Waals surface area contributed by atoms with Crippen molar-refractivity contribution in [2.24, 2.45) is 0 Å². The molecule has 2 heteroatoms. The zero-order valence-electron chi connectivity index (χ0n) is 8.54. The summed E-state index contributed by atoms with van der Waals surface area (Å²) in [6.45, 7) is 5.48. The van der Waals surface area contributed by atoms with Gasteiger partial charge in [0.15, 0.2) is 0 Å². The van der Waals surface area contributed by atoms with Crippen LogP contribution in [-0.4, -0.2) is 18.6 Å². The first-order valence-corrected chi connectivity index (χ1v) is 4.89. The molecule has 1 aromatic heterocycles. The molecule has 0 fully saturated rings. The van der Waals surface area contributed by atoms with E-state index in [1.54, 1.807) is 0 Å². The van der Waals surface area contributed by atoms with Gasteiger partial charge in [-0.15, -0.1) is 0 Å². The second-order valence-electron chi connectivity index (χ2n) is 4.05. The van der Waals surface area contributed by atoms with Gasteiger partial charge in [-0.05, 0) is 24.0 Å². The molecule has 0 spiro atoms. The quantitative estimate of drug-likeness (QED) is 0.652. The standard InChI is InChI=1S/C11H16N2/c1-8(2)10-5-4-9-6-7-13(3)11(9)12-10/h4-5,8H,6-7H2,1-3H3. The Morgan fingerprint density at radius 2 is 2.15 bits per heavy atom. The van der Waals surface area contributed by atoms with Crippen molar-refractivity contribution >= 4 is 5.82 Å². The summed E-state index contributed by atoms with van der Waals surface area (Å²) in [7, 11) is 2.11. The minimum Gasteiger partial charge on any atom is -0.359 e. The molecule has 0 bridgehead atoms. The summed E-state index contributed by atoms with van der Waals surface area (Å²) >= 11 is 0. The van der Waals surface area contributed by atoms with Crippen LogP contribution in [0.1, 0.15) is 31.0 Å². The van der Waals surface area contributed by atoms with Gasteiger partial charge in [0.2, 0.25) is 0 Å². The van der Waals surface area contributed by atoms with Crippen LogP contribution < -0.4 is 4.90 Å². The first-order valence-electron chi connectivity index (χ1n) is 4.89. The van der Waals surface area contributed by atoms with Crippen molar-refractivity contribution in [3.8, 4) is 0 Å². The zero-order valence-corrected chi connectivity index (χ0v) is 8.54. The summed E-state index contributed by atoms with van der Waals surface area (Å²) in [6.07, 6.45) is 1.15. The largest absolute Gasteiger partial charge is 0.359 e. The van der Waals surface area contributed by atoms with E-state index >= 15 is 0 Å². The van der Waals surface area contributed by atoms with Crippen molar-refractivity contribution < 1.29 is 0 Å². The van der Waals surface area contributed by atoms with Gasteiger partial charge in [-0.3, -0.25) is 0 Å². The van der Waals surface area contributed by atoms with Gasteiger partial charge in [0.05, 0.1) is 0 Å². The number of nitrogens with zero attached hydrogens (tertiary/aromatic N) is 2. The van der Waals surface area contributed by atoms with E-state index in [-0.39, 0.29) is 0 Å². The maximum Gasteiger partial charge on any atom is 0.131 e. The molecule has 0 aliphatic carbocycles. The van der Waals surface area contributed by atoms with Crippen molar-refractivity contribution in [2.45, 2.75) is 26.2 Å². The van der Waals surface area contributed by atoms with Gasteiger partial charge in [-0.1, -0.05) is 19.9 Å². The molecule has 0 saturated carbocycles. The van der Waals surface area contributed by atoms with Crippen LogP contribution in [0, 0.1) is 0 Å². The summed E-state index contributed by atoms with van der Waals surface area (Å²) in [5, 5.41) is 0. The molecule has 13 heavy (non-hydrogen) atoms. The van der Waals surface area contributed by atoms with Gasteiger partial charge in [0.1, 0.15) is 5.82 Å². The van der Waals surface area contributed by atoms with Crippen molar-refractivity contribution in [1.29, 1.82) is 0 Å². The van der Waals surface area contributed by atoms with E-state index in [0.717, 1.165) is 13.0 Å². The average molecular weight is 176 g/mol. The molecule has 0 unspecified atom stereocenters. The fourth-order valence-corrected chi connectivity index (χ4v) is 1.73. The third-order valence-corrected chi connectivity index (χ3v) is 2.65. The molecule has 0 N–H and O–H groups in total. The molecule has 70 valence electrons. The van der Waals surface area contributed by atoms with Crippen LogP contribution in [-0.2, 0) is 6.42 Å². The van der Waals surface area contributed by atoms with Crippen molar-refractivity contribution in [2.75, 3.05) is 18.5 Å². The van der Waals surface area contributed by atoms with Gasteiger partial charge in [0.25, 0.3) is 0 Å². The van der Waals surface area contributed by atoms with Crippen LogP contribution in [0.2, 0.25) is 0 Å². The van der Waals surface area contributed by atoms with Gasteiger partial charge >= 0.3 is 0 Å². The Hall–Kier alpha value is -1.05. The van der Waals surface area contributed by atoms with Gasteiger partial charge < -0.3 is 4.90 Å². The molecule has 0 saturated heterocycles. The highest BCUT2D eigenvalue weighted by Crippen LogP contribution is 2.26. The molecule has 1 aliphatic heterocycles. The third kappa shape index (κ3) is 1.41. The third-order valence-electron chi connectivity index (χ3n) is 2.65. The van der Waals surface area contributed by atoms with E-state index in [1.807, 2.05) is 0 Å². The topological polar surface area (TPSA) is 16.1 Å². The summed E-state index contributed by atoms with van der Waals surface area (Å²) in [5.41, 5.74) is 2.60. The normalized spacial score (nSPS) is 15.2. The van der Waals surface area contributed by atoms with Crippen LogP contribution in [0.3, 0.4) is 0 Å². The number of fused-ring (bicyclic) bond motifs is 1. The zero-order chi connectivity index (χ0) is 9.42. The van der Waals surface area contributed by atoms with Crippen molar-refractivity contribution in [3.05, 3.63) is 23.4 Å². The first kappa shape index (κ1) is 8.54. The van der Waals surface area contributed by atoms with Crippen LogP contribution in [0.25, 0.3) is 0 Å². The predicted molar refractivity (Wildman–Crippen MR) is 55.3 cm³/mol. The molecule has 0 atom stereocenters. The molecule has 2 nitrogen and oxygen atoms in total. The number of hydrogen-bond donors (Lipinski definition) is 0. The summed E-state index contributed by atoms with van der Waals surface area (Å²) in [6, 6.07) is 4.38.